The molecule has 0 unspecified atom stereocenters. The molecule has 0 radical (unpaired) electrons. The molecule has 0 aliphatic carbocycles. The summed E-state index contributed by atoms with van der Waals surface area (Å²) in [5.74, 6) is 0. The van der Waals surface area contributed by atoms with E-state index in [0.717, 1.165) is 11.1 Å². The van der Waals surface area contributed by atoms with E-state index in [9.17, 15) is 4.79 Å². The molecule has 0 spiro atoms. The third kappa shape index (κ3) is 4.45. The number of hydrogen-bond donors (Lipinski definition) is 1. The van der Waals surface area contributed by atoms with Crippen molar-refractivity contribution in [3.8, 4) is 12.1 Å². The van der Waals surface area contributed by atoms with Crippen molar-refractivity contribution in [3.63, 3.8) is 0 Å². The van der Waals surface area contributed by atoms with Crippen LogP contribution in [-0.2, 0) is 0 Å². The van der Waals surface area contributed by atoms with E-state index < -0.39 is 6.04 Å². The maximum Gasteiger partial charge on any atom is 0.264 e. The predicted octanol–water partition coefficient (Wildman–Crippen LogP) is 2.75. The number of H-pyrrole nitrogens is 1. The molecule has 0 amide bonds. The van der Waals surface area contributed by atoms with Crippen LogP contribution in [0.4, 0.5) is 5.69 Å². The van der Waals surface area contributed by atoms with Gasteiger partial charge >= 0.3 is 0 Å². The molecule has 1 heterocycles. The SMILES string of the molecule is Cc1cc(=O)[nH]nc1C=Cc1ccc(N=NC(C#N)C#N)cc1. The topological polar surface area (TPSA) is 118 Å². The molecule has 7 heteroatoms. The van der Waals surface area contributed by atoms with Crippen LogP contribution in [0.1, 0.15) is 16.8 Å². The van der Waals surface area contributed by atoms with Crippen LogP contribution in [0.15, 0.2) is 45.4 Å². The highest BCUT2D eigenvalue weighted by atomic mass is 16.1. The lowest BCUT2D eigenvalue weighted by atomic mass is 10.1. The van der Waals surface area contributed by atoms with Crippen LogP contribution in [0.2, 0.25) is 0 Å². The van der Waals surface area contributed by atoms with Crippen molar-refractivity contribution in [1.29, 1.82) is 10.5 Å². The molecule has 1 aromatic heterocycles. The largest absolute Gasteiger partial charge is 0.268 e. The molecule has 1 N–H and O–H groups in total. The Kier molecular flexibility index (Phi) is 5.11. The van der Waals surface area contributed by atoms with Crippen LogP contribution in [-0.4, -0.2) is 16.2 Å². The Bertz CT molecular complexity index is 867. The Morgan fingerprint density at radius 2 is 1.91 bits per heavy atom. The van der Waals surface area contributed by atoms with Gasteiger partial charge in [0, 0.05) is 6.07 Å². The molecule has 112 valence electrons. The molecular weight excluding hydrogens is 292 g/mol. The van der Waals surface area contributed by atoms with E-state index in [2.05, 4.69) is 20.4 Å². The Labute approximate surface area is 132 Å². The quantitative estimate of drug-likeness (QED) is 0.873. The van der Waals surface area contributed by atoms with Gasteiger partial charge in [-0.2, -0.15) is 25.9 Å². The minimum absolute atomic E-state index is 0.234. The highest BCUT2D eigenvalue weighted by molar-refractivity contribution is 5.69. The van der Waals surface area contributed by atoms with Crippen LogP contribution in [0.25, 0.3) is 12.2 Å². The van der Waals surface area contributed by atoms with E-state index in [0.29, 0.717) is 11.4 Å². The van der Waals surface area contributed by atoms with Gasteiger partial charge in [-0.05, 0) is 36.3 Å². The fourth-order valence-electron chi connectivity index (χ4n) is 1.71. The van der Waals surface area contributed by atoms with Crippen LogP contribution >= 0.6 is 0 Å². The zero-order valence-corrected chi connectivity index (χ0v) is 12.3. The lowest BCUT2D eigenvalue weighted by Crippen LogP contribution is -2.08. The number of nitrogens with zero attached hydrogens (tertiary/aromatic N) is 5. The van der Waals surface area contributed by atoms with Gasteiger partial charge in [0.15, 0.2) is 0 Å². The first-order chi connectivity index (χ1) is 11.1. The average molecular weight is 304 g/mol. The third-order valence-electron chi connectivity index (χ3n) is 2.90. The van der Waals surface area contributed by atoms with Gasteiger partial charge in [-0.25, -0.2) is 5.10 Å². The maximum absolute atomic E-state index is 11.1. The second kappa shape index (κ2) is 7.43. The third-order valence-corrected chi connectivity index (χ3v) is 2.90. The summed E-state index contributed by atoms with van der Waals surface area (Å²) in [7, 11) is 0. The summed E-state index contributed by atoms with van der Waals surface area (Å²) in [6.07, 6.45) is 3.64. The number of hydrogen-bond acceptors (Lipinski definition) is 6. The number of nitrogens with one attached hydrogen (secondary N) is 1. The molecule has 2 aromatic rings. The standard InChI is InChI=1S/C16H12N6O/c1-11-8-16(23)22-21-15(11)7-4-12-2-5-13(6-3-12)19-20-14(9-17)10-18/h2-8,14H,1H3,(H,22,23). The molecule has 0 saturated heterocycles. The molecular formula is C16H12N6O. The molecule has 0 atom stereocenters. The first-order valence-electron chi connectivity index (χ1n) is 6.67. The van der Waals surface area contributed by atoms with Crippen molar-refractivity contribution in [3.05, 3.63) is 57.5 Å². The molecule has 2 rings (SSSR count). The lowest BCUT2D eigenvalue weighted by Gasteiger charge is -1.98. The van der Waals surface area contributed by atoms with Gasteiger partial charge < -0.3 is 0 Å². The maximum atomic E-state index is 11.1. The fraction of sp³-hybridized carbons (Fsp3) is 0.125. The smallest absolute Gasteiger partial charge is 0.264 e. The van der Waals surface area contributed by atoms with Gasteiger partial charge in [-0.1, -0.05) is 18.2 Å². The Morgan fingerprint density at radius 1 is 1.22 bits per heavy atom. The van der Waals surface area contributed by atoms with E-state index in [1.54, 1.807) is 30.3 Å². The molecule has 0 aliphatic heterocycles. The summed E-state index contributed by atoms with van der Waals surface area (Å²) >= 11 is 0. The predicted molar refractivity (Wildman–Crippen MR) is 84.5 cm³/mol. The molecule has 7 nitrogen and oxygen atoms in total. The zero-order valence-electron chi connectivity index (χ0n) is 12.3. The molecule has 0 bridgehead atoms. The molecule has 1 aromatic carbocycles. The van der Waals surface area contributed by atoms with E-state index in [4.69, 9.17) is 10.5 Å². The summed E-state index contributed by atoms with van der Waals surface area (Å²) in [4.78, 5) is 11.1. The van der Waals surface area contributed by atoms with Crippen molar-refractivity contribution in [2.24, 2.45) is 10.2 Å². The van der Waals surface area contributed by atoms with Gasteiger partial charge in [-0.3, -0.25) is 4.79 Å². The van der Waals surface area contributed by atoms with Crippen LogP contribution in [0.5, 0.6) is 0 Å². The Morgan fingerprint density at radius 3 is 2.52 bits per heavy atom. The number of nitriles is 2. The minimum atomic E-state index is -1.09. The summed E-state index contributed by atoms with van der Waals surface area (Å²) in [6.45, 7) is 1.81. The first kappa shape index (κ1) is 15.8. The Hall–Kier alpha value is -3.58. The van der Waals surface area contributed by atoms with E-state index in [1.165, 1.54) is 6.07 Å². The van der Waals surface area contributed by atoms with Crippen LogP contribution in [0, 0.1) is 29.6 Å². The first-order valence-corrected chi connectivity index (χ1v) is 6.67. The molecule has 0 aliphatic rings. The molecule has 0 fully saturated rings. The number of azo groups is 1. The molecule has 0 saturated carbocycles. The second-order valence-corrected chi connectivity index (χ2v) is 4.60. The van der Waals surface area contributed by atoms with Crippen molar-refractivity contribution >= 4 is 17.8 Å². The summed E-state index contributed by atoms with van der Waals surface area (Å²) in [5.41, 5.74) is 2.69. The van der Waals surface area contributed by atoms with Crippen molar-refractivity contribution in [2.75, 3.05) is 0 Å². The molecule has 23 heavy (non-hydrogen) atoms. The summed E-state index contributed by atoms with van der Waals surface area (Å²) in [6, 6.07) is 10.9. The second-order valence-electron chi connectivity index (χ2n) is 4.60. The van der Waals surface area contributed by atoms with Crippen molar-refractivity contribution < 1.29 is 0 Å². The van der Waals surface area contributed by atoms with Gasteiger partial charge in [0.1, 0.15) is 12.1 Å². The normalized spacial score (nSPS) is 11.0. The summed E-state index contributed by atoms with van der Waals surface area (Å²) in [5, 5.41) is 31.0. The number of aromatic amines is 1. The van der Waals surface area contributed by atoms with E-state index >= 15 is 0 Å². The zero-order chi connectivity index (χ0) is 16.7. The van der Waals surface area contributed by atoms with E-state index in [-0.39, 0.29) is 5.56 Å². The Balaban J connectivity index is 2.11. The number of aryl methyl sites for hydroxylation is 1. The van der Waals surface area contributed by atoms with Gasteiger partial charge in [0.05, 0.1) is 11.4 Å². The monoisotopic (exact) mass is 304 g/mol. The number of rotatable bonds is 4. The van der Waals surface area contributed by atoms with Crippen LogP contribution in [0.3, 0.4) is 0 Å². The van der Waals surface area contributed by atoms with Gasteiger partial charge in [0.2, 0.25) is 6.04 Å². The van der Waals surface area contributed by atoms with Gasteiger partial charge in [-0.15, -0.1) is 0 Å². The minimum Gasteiger partial charge on any atom is -0.268 e. The number of benzene rings is 1. The van der Waals surface area contributed by atoms with Crippen molar-refractivity contribution in [2.45, 2.75) is 13.0 Å². The lowest BCUT2D eigenvalue weighted by molar-refractivity contribution is 0.949. The highest BCUT2D eigenvalue weighted by Gasteiger charge is 2.00. The summed E-state index contributed by atoms with van der Waals surface area (Å²) < 4.78 is 0. The van der Waals surface area contributed by atoms with E-state index in [1.807, 2.05) is 25.1 Å². The highest BCUT2D eigenvalue weighted by Crippen LogP contribution is 2.16. The fourth-order valence-corrected chi connectivity index (χ4v) is 1.71. The van der Waals surface area contributed by atoms with Crippen LogP contribution < -0.4 is 5.56 Å². The average Bonchev–Trinajstić information content (AvgIpc) is 2.56. The number of aromatic nitrogens is 2. The van der Waals surface area contributed by atoms with Gasteiger partial charge in [0.25, 0.3) is 5.56 Å². The van der Waals surface area contributed by atoms with Crippen molar-refractivity contribution in [1.82, 2.24) is 10.2 Å².